The molecule has 3 rings (SSSR count). The summed E-state index contributed by atoms with van der Waals surface area (Å²) < 4.78 is 11.7. The Kier molecular flexibility index (Phi) is 4.41. The van der Waals surface area contributed by atoms with Crippen LogP contribution in [0.15, 0.2) is 40.9 Å². The van der Waals surface area contributed by atoms with Crippen molar-refractivity contribution in [3.05, 3.63) is 40.9 Å². The first-order valence-electron chi connectivity index (χ1n) is 6.91. The van der Waals surface area contributed by atoms with Crippen LogP contribution >= 0.6 is 15.9 Å². The molecule has 1 unspecified atom stereocenters. The van der Waals surface area contributed by atoms with Crippen LogP contribution in [-0.2, 0) is 9.53 Å². The minimum atomic E-state index is -0.120. The van der Waals surface area contributed by atoms with Gasteiger partial charge in [-0.25, -0.2) is 0 Å². The maximum atomic E-state index is 11.8. The molecule has 1 saturated heterocycles. The fraction of sp³-hybridized carbons (Fsp3) is 0.312. The van der Waals surface area contributed by atoms with Gasteiger partial charge in [0.1, 0.15) is 5.75 Å². The molecule has 0 saturated carbocycles. The Morgan fingerprint density at radius 3 is 3.00 bits per heavy atom. The minimum absolute atomic E-state index is 0.00738. The molecule has 1 atom stereocenters. The summed E-state index contributed by atoms with van der Waals surface area (Å²) in [7, 11) is 0. The Morgan fingerprint density at radius 2 is 2.19 bits per heavy atom. The van der Waals surface area contributed by atoms with E-state index >= 15 is 0 Å². The predicted molar refractivity (Wildman–Crippen MR) is 84.5 cm³/mol. The third-order valence-electron chi connectivity index (χ3n) is 3.48. The van der Waals surface area contributed by atoms with Crippen molar-refractivity contribution >= 4 is 32.6 Å². The molecular formula is C16H16BrNO3. The lowest BCUT2D eigenvalue weighted by Gasteiger charge is -2.13. The van der Waals surface area contributed by atoms with Gasteiger partial charge in [0.2, 0.25) is 0 Å². The van der Waals surface area contributed by atoms with E-state index in [1.165, 1.54) is 0 Å². The first kappa shape index (κ1) is 14.4. The zero-order valence-corrected chi connectivity index (χ0v) is 13.1. The summed E-state index contributed by atoms with van der Waals surface area (Å²) >= 11 is 3.54. The zero-order chi connectivity index (χ0) is 14.7. The van der Waals surface area contributed by atoms with E-state index in [0.29, 0.717) is 19.0 Å². The second-order valence-corrected chi connectivity index (χ2v) is 5.81. The number of amides is 1. The van der Waals surface area contributed by atoms with Crippen molar-refractivity contribution in [3.8, 4) is 5.75 Å². The van der Waals surface area contributed by atoms with Gasteiger partial charge in [0.15, 0.2) is 6.61 Å². The average Bonchev–Trinajstić information content (AvgIpc) is 3.00. The van der Waals surface area contributed by atoms with Crippen molar-refractivity contribution in [1.29, 1.82) is 0 Å². The van der Waals surface area contributed by atoms with E-state index in [2.05, 4.69) is 21.2 Å². The Hall–Kier alpha value is -1.59. The van der Waals surface area contributed by atoms with Crippen molar-refractivity contribution in [3.63, 3.8) is 0 Å². The van der Waals surface area contributed by atoms with Crippen LogP contribution < -0.4 is 10.1 Å². The second-order valence-electron chi connectivity index (χ2n) is 5.02. The number of benzene rings is 2. The first-order chi connectivity index (χ1) is 10.2. The third-order valence-corrected chi connectivity index (χ3v) is 4.30. The Labute approximate surface area is 131 Å². The fourth-order valence-corrected chi connectivity index (χ4v) is 2.99. The molecule has 1 N–H and O–H groups in total. The van der Waals surface area contributed by atoms with Gasteiger partial charge in [0.05, 0.1) is 17.1 Å². The van der Waals surface area contributed by atoms with Crippen LogP contribution in [0.2, 0.25) is 0 Å². The van der Waals surface area contributed by atoms with Gasteiger partial charge in [0, 0.05) is 6.61 Å². The maximum absolute atomic E-state index is 11.8. The highest BCUT2D eigenvalue weighted by Gasteiger charge is 2.18. The molecule has 0 radical (unpaired) electrons. The first-order valence-corrected chi connectivity index (χ1v) is 7.70. The summed E-state index contributed by atoms with van der Waals surface area (Å²) in [5, 5.41) is 5.10. The fourth-order valence-electron chi connectivity index (χ4n) is 2.39. The van der Waals surface area contributed by atoms with E-state index in [0.717, 1.165) is 21.7 Å². The van der Waals surface area contributed by atoms with E-state index in [1.54, 1.807) is 0 Å². The summed E-state index contributed by atoms with van der Waals surface area (Å²) in [6.45, 7) is 1.31. The molecule has 5 heteroatoms. The molecule has 1 heterocycles. The number of halogens is 1. The molecule has 1 aliphatic rings. The van der Waals surface area contributed by atoms with Crippen LogP contribution in [0.4, 0.5) is 0 Å². The number of carbonyl (C=O) groups is 1. The molecule has 0 aromatic heterocycles. The summed E-state index contributed by atoms with van der Waals surface area (Å²) in [5.41, 5.74) is 0. The summed E-state index contributed by atoms with van der Waals surface area (Å²) in [5.74, 6) is 0.553. The lowest BCUT2D eigenvalue weighted by molar-refractivity contribution is -0.123. The molecule has 21 heavy (non-hydrogen) atoms. The molecule has 110 valence electrons. The molecule has 4 nitrogen and oxygen atoms in total. The van der Waals surface area contributed by atoms with Crippen molar-refractivity contribution in [2.75, 3.05) is 19.8 Å². The highest BCUT2D eigenvalue weighted by molar-refractivity contribution is 9.10. The molecule has 0 spiro atoms. The molecule has 1 aliphatic heterocycles. The second kappa shape index (κ2) is 6.45. The van der Waals surface area contributed by atoms with Gasteiger partial charge in [-0.15, -0.1) is 0 Å². The summed E-state index contributed by atoms with van der Waals surface area (Å²) in [4.78, 5) is 11.8. The topological polar surface area (TPSA) is 47.6 Å². The van der Waals surface area contributed by atoms with E-state index in [1.807, 2.05) is 36.4 Å². The summed E-state index contributed by atoms with van der Waals surface area (Å²) in [6, 6.07) is 12.0. The smallest absolute Gasteiger partial charge is 0.258 e. The van der Waals surface area contributed by atoms with Gasteiger partial charge in [0.25, 0.3) is 5.91 Å². The van der Waals surface area contributed by atoms with Crippen LogP contribution in [0.3, 0.4) is 0 Å². The molecule has 2 aromatic carbocycles. The highest BCUT2D eigenvalue weighted by Crippen LogP contribution is 2.32. The Balaban J connectivity index is 1.64. The van der Waals surface area contributed by atoms with E-state index in [-0.39, 0.29) is 18.6 Å². The van der Waals surface area contributed by atoms with Crippen LogP contribution in [0.5, 0.6) is 5.75 Å². The quantitative estimate of drug-likeness (QED) is 0.923. The van der Waals surface area contributed by atoms with Crippen LogP contribution in [-0.4, -0.2) is 31.8 Å². The SMILES string of the molecule is O=C(COc1ccc2ccccc2c1Br)NC1CCOC1. The van der Waals surface area contributed by atoms with Gasteiger partial charge < -0.3 is 14.8 Å². The number of nitrogens with one attached hydrogen (secondary N) is 1. The van der Waals surface area contributed by atoms with Gasteiger partial charge >= 0.3 is 0 Å². The summed E-state index contributed by atoms with van der Waals surface area (Å²) in [6.07, 6.45) is 0.866. The van der Waals surface area contributed by atoms with Crippen molar-refractivity contribution in [1.82, 2.24) is 5.32 Å². The highest BCUT2D eigenvalue weighted by atomic mass is 79.9. The van der Waals surface area contributed by atoms with E-state index < -0.39 is 0 Å². The molecule has 0 bridgehead atoms. The van der Waals surface area contributed by atoms with E-state index in [9.17, 15) is 4.79 Å². The number of fused-ring (bicyclic) bond motifs is 1. The maximum Gasteiger partial charge on any atom is 0.258 e. The minimum Gasteiger partial charge on any atom is -0.483 e. The average molecular weight is 350 g/mol. The normalized spacial score (nSPS) is 17.9. The van der Waals surface area contributed by atoms with Crippen molar-refractivity contribution in [2.24, 2.45) is 0 Å². The zero-order valence-electron chi connectivity index (χ0n) is 11.5. The van der Waals surface area contributed by atoms with Gasteiger partial charge in [-0.05, 0) is 39.2 Å². The van der Waals surface area contributed by atoms with Crippen molar-refractivity contribution in [2.45, 2.75) is 12.5 Å². The van der Waals surface area contributed by atoms with E-state index in [4.69, 9.17) is 9.47 Å². The van der Waals surface area contributed by atoms with Gasteiger partial charge in [-0.2, -0.15) is 0 Å². The Bertz CT molecular complexity index is 653. The predicted octanol–water partition coefficient (Wildman–Crippen LogP) is 2.89. The van der Waals surface area contributed by atoms with Gasteiger partial charge in [-0.1, -0.05) is 30.3 Å². The molecule has 0 aliphatic carbocycles. The van der Waals surface area contributed by atoms with Crippen LogP contribution in [0, 0.1) is 0 Å². The number of hydrogen-bond donors (Lipinski definition) is 1. The number of rotatable bonds is 4. The molecule has 1 amide bonds. The van der Waals surface area contributed by atoms with Crippen LogP contribution in [0.1, 0.15) is 6.42 Å². The molecule has 2 aromatic rings. The number of carbonyl (C=O) groups excluding carboxylic acids is 1. The standard InChI is InChI=1S/C16H16BrNO3/c17-16-13-4-2-1-3-11(13)5-6-14(16)21-10-15(19)18-12-7-8-20-9-12/h1-6,12H,7-10H2,(H,18,19). The van der Waals surface area contributed by atoms with Gasteiger partial charge in [-0.3, -0.25) is 4.79 Å². The largest absolute Gasteiger partial charge is 0.483 e. The Morgan fingerprint density at radius 1 is 1.33 bits per heavy atom. The lowest BCUT2D eigenvalue weighted by Crippen LogP contribution is -2.38. The molecule has 1 fully saturated rings. The third kappa shape index (κ3) is 3.36. The molecular weight excluding hydrogens is 334 g/mol. The number of hydrogen-bond acceptors (Lipinski definition) is 3. The van der Waals surface area contributed by atoms with Crippen LogP contribution in [0.25, 0.3) is 10.8 Å². The monoisotopic (exact) mass is 349 g/mol. The van der Waals surface area contributed by atoms with Crippen molar-refractivity contribution < 1.29 is 14.3 Å². The number of ether oxygens (including phenoxy) is 2. The lowest BCUT2D eigenvalue weighted by atomic mass is 10.1.